The highest BCUT2D eigenvalue weighted by atomic mass is 19.4. The van der Waals surface area contributed by atoms with Crippen LogP contribution in [0.1, 0.15) is 16.1 Å². The molecule has 0 saturated carbocycles. The van der Waals surface area contributed by atoms with Gasteiger partial charge in [0.1, 0.15) is 17.9 Å². The molecule has 2 N–H and O–H groups in total. The first kappa shape index (κ1) is 21.0. The van der Waals surface area contributed by atoms with Crippen LogP contribution in [0.4, 0.5) is 33.5 Å². The molecule has 14 heteroatoms. The summed E-state index contributed by atoms with van der Waals surface area (Å²) < 4.78 is 66.6. The Labute approximate surface area is 171 Å². The van der Waals surface area contributed by atoms with Crippen LogP contribution >= 0.6 is 0 Å². The van der Waals surface area contributed by atoms with Gasteiger partial charge in [0.2, 0.25) is 0 Å². The lowest BCUT2D eigenvalue weighted by Gasteiger charge is -2.28. The van der Waals surface area contributed by atoms with Crippen LogP contribution in [-0.4, -0.2) is 62.9 Å². The first-order valence-corrected chi connectivity index (χ1v) is 9.26. The first-order valence-electron chi connectivity index (χ1n) is 9.26. The number of hydrogen-bond acceptors (Lipinski definition) is 6. The van der Waals surface area contributed by atoms with E-state index in [1.54, 1.807) is 12.3 Å². The molecule has 4 rings (SSSR count). The molecule has 0 bridgehead atoms. The van der Waals surface area contributed by atoms with Gasteiger partial charge in [0, 0.05) is 38.6 Å². The number of rotatable bonds is 5. The highest BCUT2D eigenvalue weighted by molar-refractivity contribution is 6.08. The van der Waals surface area contributed by atoms with E-state index in [1.165, 1.54) is 10.7 Å². The Bertz CT molecular complexity index is 1090. The number of carbonyl (C=O) groups is 1. The van der Waals surface area contributed by atoms with Crippen molar-refractivity contribution in [2.45, 2.75) is 19.1 Å². The summed E-state index contributed by atoms with van der Waals surface area (Å²) in [4.78, 5) is 19.1. The van der Waals surface area contributed by atoms with E-state index < -0.39 is 36.4 Å². The molecule has 1 aliphatic heterocycles. The van der Waals surface area contributed by atoms with Gasteiger partial charge in [-0.1, -0.05) is 0 Å². The SMILES string of the molecule is O=C(Nc1cn(CC(F)F)nc1C(F)(F)F)c1cnn2ccc(N3CCNCC3)nc12. The molecular weight excluding hydrogens is 427 g/mol. The molecule has 9 nitrogen and oxygen atoms in total. The van der Waals surface area contributed by atoms with Crippen LogP contribution in [-0.2, 0) is 12.7 Å². The molecule has 0 spiro atoms. The largest absolute Gasteiger partial charge is 0.437 e. The molecule has 4 heterocycles. The number of piperazine rings is 1. The normalized spacial score (nSPS) is 15.1. The highest BCUT2D eigenvalue weighted by Gasteiger charge is 2.38. The van der Waals surface area contributed by atoms with Crippen LogP contribution in [0.3, 0.4) is 0 Å². The molecule has 3 aromatic heterocycles. The second-order valence-electron chi connectivity index (χ2n) is 6.81. The summed E-state index contributed by atoms with van der Waals surface area (Å²) in [5.74, 6) is -0.314. The predicted molar refractivity (Wildman–Crippen MR) is 99.3 cm³/mol. The molecule has 1 saturated heterocycles. The van der Waals surface area contributed by atoms with Crippen LogP contribution in [0.25, 0.3) is 5.65 Å². The molecule has 166 valence electrons. The van der Waals surface area contributed by atoms with E-state index in [2.05, 4.69) is 25.8 Å². The fourth-order valence-electron chi connectivity index (χ4n) is 3.24. The molecule has 0 unspecified atom stereocenters. The van der Waals surface area contributed by atoms with E-state index >= 15 is 0 Å². The maximum atomic E-state index is 13.2. The van der Waals surface area contributed by atoms with E-state index in [-0.39, 0.29) is 11.2 Å². The van der Waals surface area contributed by atoms with Crippen LogP contribution < -0.4 is 15.5 Å². The minimum atomic E-state index is -4.94. The Hall–Kier alpha value is -3.29. The minimum absolute atomic E-state index is 0.0632. The molecular formula is C17H17F5N8O. The summed E-state index contributed by atoms with van der Waals surface area (Å²) >= 11 is 0. The van der Waals surface area contributed by atoms with Gasteiger partial charge < -0.3 is 15.5 Å². The highest BCUT2D eigenvalue weighted by Crippen LogP contribution is 2.34. The molecule has 0 radical (unpaired) electrons. The average molecular weight is 444 g/mol. The maximum absolute atomic E-state index is 13.2. The predicted octanol–water partition coefficient (Wildman–Crippen LogP) is 1.87. The van der Waals surface area contributed by atoms with Gasteiger partial charge in [-0.05, 0) is 6.07 Å². The van der Waals surface area contributed by atoms with Crippen LogP contribution in [0.2, 0.25) is 0 Å². The molecule has 1 aliphatic rings. The monoisotopic (exact) mass is 444 g/mol. The molecule has 1 fully saturated rings. The van der Waals surface area contributed by atoms with E-state index in [1.807, 2.05) is 4.90 Å². The van der Waals surface area contributed by atoms with E-state index in [0.717, 1.165) is 19.3 Å². The van der Waals surface area contributed by atoms with Crippen molar-refractivity contribution >= 4 is 23.1 Å². The molecule has 31 heavy (non-hydrogen) atoms. The zero-order valence-electron chi connectivity index (χ0n) is 15.9. The van der Waals surface area contributed by atoms with Crippen LogP contribution in [0, 0.1) is 0 Å². The Morgan fingerprint density at radius 1 is 1.26 bits per heavy atom. The summed E-state index contributed by atoms with van der Waals surface area (Å²) in [6, 6.07) is 1.73. The van der Waals surface area contributed by atoms with Crippen molar-refractivity contribution in [3.63, 3.8) is 0 Å². The van der Waals surface area contributed by atoms with Crippen molar-refractivity contribution < 1.29 is 26.7 Å². The van der Waals surface area contributed by atoms with E-state index in [9.17, 15) is 26.7 Å². The number of carbonyl (C=O) groups excluding carboxylic acids is 1. The molecule has 0 aliphatic carbocycles. The molecule has 0 atom stereocenters. The lowest BCUT2D eigenvalue weighted by molar-refractivity contribution is -0.141. The standard InChI is InChI=1S/C17H17F5N8O/c18-12(19)9-29-8-11(14(27-29)17(20,21)22)25-16(31)10-7-24-30-4-1-13(26-15(10)30)28-5-2-23-3-6-28/h1,4,7-8,12,23H,2-3,5-6,9H2,(H,25,31). The summed E-state index contributed by atoms with van der Waals surface area (Å²) in [5, 5.41) is 12.5. The number of nitrogens with zero attached hydrogens (tertiary/aromatic N) is 6. The third kappa shape index (κ3) is 4.42. The fraction of sp³-hybridized carbons (Fsp3) is 0.412. The Morgan fingerprint density at radius 2 is 2.00 bits per heavy atom. The maximum Gasteiger partial charge on any atom is 0.437 e. The van der Waals surface area contributed by atoms with Gasteiger partial charge in [-0.3, -0.25) is 9.48 Å². The zero-order valence-corrected chi connectivity index (χ0v) is 15.9. The number of alkyl halides is 5. The van der Waals surface area contributed by atoms with Crippen molar-refractivity contribution in [2.24, 2.45) is 0 Å². The van der Waals surface area contributed by atoms with Crippen molar-refractivity contribution in [1.29, 1.82) is 0 Å². The van der Waals surface area contributed by atoms with Gasteiger partial charge >= 0.3 is 6.18 Å². The Balaban J connectivity index is 1.63. The van der Waals surface area contributed by atoms with E-state index in [0.29, 0.717) is 23.6 Å². The molecule has 1 amide bonds. The van der Waals surface area contributed by atoms with Crippen molar-refractivity contribution in [2.75, 3.05) is 36.4 Å². The van der Waals surface area contributed by atoms with Gasteiger partial charge in [-0.2, -0.15) is 23.4 Å². The second-order valence-corrected chi connectivity index (χ2v) is 6.81. The summed E-state index contributed by atoms with van der Waals surface area (Å²) in [6.07, 6.45) is -4.35. The molecule has 3 aromatic rings. The third-order valence-electron chi connectivity index (χ3n) is 4.64. The van der Waals surface area contributed by atoms with Gasteiger partial charge in [-0.15, -0.1) is 0 Å². The van der Waals surface area contributed by atoms with Crippen molar-refractivity contribution in [3.05, 3.63) is 35.9 Å². The van der Waals surface area contributed by atoms with Gasteiger partial charge in [0.05, 0.1) is 11.9 Å². The Morgan fingerprint density at radius 3 is 2.68 bits per heavy atom. The number of hydrogen-bond donors (Lipinski definition) is 2. The minimum Gasteiger partial charge on any atom is -0.354 e. The molecule has 0 aromatic carbocycles. The van der Waals surface area contributed by atoms with Gasteiger partial charge in [-0.25, -0.2) is 18.3 Å². The fourth-order valence-corrected chi connectivity index (χ4v) is 3.24. The zero-order chi connectivity index (χ0) is 22.2. The topological polar surface area (TPSA) is 92.4 Å². The lowest BCUT2D eigenvalue weighted by atomic mass is 10.3. The van der Waals surface area contributed by atoms with Crippen molar-refractivity contribution in [1.82, 2.24) is 29.7 Å². The van der Waals surface area contributed by atoms with Crippen molar-refractivity contribution in [3.8, 4) is 0 Å². The van der Waals surface area contributed by atoms with Crippen LogP contribution in [0.15, 0.2) is 24.7 Å². The van der Waals surface area contributed by atoms with Crippen LogP contribution in [0.5, 0.6) is 0 Å². The Kier molecular flexibility index (Phi) is 5.47. The van der Waals surface area contributed by atoms with E-state index in [4.69, 9.17) is 0 Å². The summed E-state index contributed by atoms with van der Waals surface area (Å²) in [5.41, 5.74) is -2.10. The number of nitrogens with one attached hydrogen (secondary N) is 2. The second kappa shape index (κ2) is 8.09. The number of anilines is 2. The smallest absolute Gasteiger partial charge is 0.354 e. The van der Waals surface area contributed by atoms with Gasteiger partial charge in [0.25, 0.3) is 12.3 Å². The number of amides is 1. The summed E-state index contributed by atoms with van der Waals surface area (Å²) in [6.45, 7) is 1.91. The number of fused-ring (bicyclic) bond motifs is 1. The lowest BCUT2D eigenvalue weighted by Crippen LogP contribution is -2.43. The van der Waals surface area contributed by atoms with Gasteiger partial charge in [0.15, 0.2) is 11.3 Å². The quantitative estimate of drug-likeness (QED) is 0.584. The summed E-state index contributed by atoms with van der Waals surface area (Å²) in [7, 11) is 0. The first-order chi connectivity index (χ1) is 14.7. The number of aromatic nitrogens is 5. The third-order valence-corrected chi connectivity index (χ3v) is 4.64. The average Bonchev–Trinajstić information content (AvgIpc) is 3.31. The number of halogens is 5.